The third kappa shape index (κ3) is 2.32. The first-order valence-electron chi connectivity index (χ1n) is 7.45. The highest BCUT2D eigenvalue weighted by Crippen LogP contribution is 2.40. The number of rotatable bonds is 4. The predicted molar refractivity (Wildman–Crippen MR) is 75.3 cm³/mol. The molecule has 0 spiro atoms. The Morgan fingerprint density at radius 1 is 1.32 bits per heavy atom. The quantitative estimate of drug-likeness (QED) is 0.874. The zero-order valence-corrected chi connectivity index (χ0v) is 12.2. The molecule has 106 valence electrons. The summed E-state index contributed by atoms with van der Waals surface area (Å²) in [7, 11) is 0. The molecule has 0 saturated heterocycles. The number of nitrogens with one attached hydrogen (secondary N) is 1. The van der Waals surface area contributed by atoms with Gasteiger partial charge in [0.15, 0.2) is 0 Å². The third-order valence-corrected chi connectivity index (χ3v) is 5.01. The number of hydrogen-bond acceptors (Lipinski definition) is 3. The molecule has 2 aliphatic carbocycles. The molecule has 2 saturated carbocycles. The van der Waals surface area contributed by atoms with Crippen LogP contribution in [0, 0.1) is 20.8 Å². The number of hydrogen-bond donors (Lipinski definition) is 2. The molecule has 2 N–H and O–H groups in total. The molecular weight excluding hydrogens is 238 g/mol. The van der Waals surface area contributed by atoms with Gasteiger partial charge in [0.2, 0.25) is 0 Å². The van der Waals surface area contributed by atoms with Crippen molar-refractivity contribution in [2.75, 3.05) is 6.61 Å². The molecule has 0 radical (unpaired) electrons. The molecule has 3 rings (SSSR count). The maximum absolute atomic E-state index is 9.79. The van der Waals surface area contributed by atoms with Crippen molar-refractivity contribution in [2.24, 2.45) is 0 Å². The highest BCUT2D eigenvalue weighted by Gasteiger charge is 2.43. The first-order valence-corrected chi connectivity index (χ1v) is 7.45. The SMILES string of the molecule is Cc1nn(C2CCC(CO)(NC3CC3)C2)c(C)c1C. The molecule has 4 heteroatoms. The van der Waals surface area contributed by atoms with Crippen molar-refractivity contribution in [3.8, 4) is 0 Å². The van der Waals surface area contributed by atoms with Crippen LogP contribution in [0.2, 0.25) is 0 Å². The third-order valence-electron chi connectivity index (χ3n) is 5.01. The molecule has 19 heavy (non-hydrogen) atoms. The summed E-state index contributed by atoms with van der Waals surface area (Å²) in [5.41, 5.74) is 3.65. The summed E-state index contributed by atoms with van der Waals surface area (Å²) in [5, 5.41) is 18.2. The Bertz CT molecular complexity index is 478. The molecule has 0 aliphatic heterocycles. The van der Waals surface area contributed by atoms with E-state index in [-0.39, 0.29) is 12.1 Å². The Labute approximate surface area is 115 Å². The van der Waals surface area contributed by atoms with Crippen molar-refractivity contribution in [3.05, 3.63) is 17.0 Å². The minimum absolute atomic E-state index is 0.0635. The summed E-state index contributed by atoms with van der Waals surface area (Å²) in [4.78, 5) is 0. The first-order chi connectivity index (χ1) is 9.04. The smallest absolute Gasteiger partial charge is 0.0625 e. The maximum Gasteiger partial charge on any atom is 0.0625 e. The zero-order valence-electron chi connectivity index (χ0n) is 12.2. The number of aryl methyl sites for hydroxylation is 1. The molecule has 4 nitrogen and oxygen atoms in total. The van der Waals surface area contributed by atoms with Crippen molar-refractivity contribution in [1.29, 1.82) is 0 Å². The molecular formula is C15H25N3O. The molecule has 0 bridgehead atoms. The fraction of sp³-hybridized carbons (Fsp3) is 0.800. The average Bonchev–Trinajstić information content (AvgIpc) is 3.05. The van der Waals surface area contributed by atoms with Gasteiger partial charge in [0.05, 0.1) is 18.3 Å². The van der Waals surface area contributed by atoms with Crippen LogP contribution in [0.4, 0.5) is 0 Å². The molecule has 2 unspecified atom stereocenters. The molecule has 1 heterocycles. The van der Waals surface area contributed by atoms with Crippen molar-refractivity contribution in [3.63, 3.8) is 0 Å². The van der Waals surface area contributed by atoms with Crippen LogP contribution in [-0.2, 0) is 0 Å². The average molecular weight is 263 g/mol. The highest BCUT2D eigenvalue weighted by molar-refractivity contribution is 5.23. The number of aliphatic hydroxyl groups excluding tert-OH is 1. The van der Waals surface area contributed by atoms with E-state index in [0.717, 1.165) is 25.0 Å². The van der Waals surface area contributed by atoms with Crippen LogP contribution in [0.25, 0.3) is 0 Å². The van der Waals surface area contributed by atoms with Crippen LogP contribution >= 0.6 is 0 Å². The second-order valence-corrected chi connectivity index (χ2v) is 6.49. The van der Waals surface area contributed by atoms with Crippen molar-refractivity contribution in [2.45, 2.75) is 70.5 Å². The van der Waals surface area contributed by atoms with E-state index < -0.39 is 0 Å². The summed E-state index contributed by atoms with van der Waals surface area (Å²) in [6, 6.07) is 1.08. The van der Waals surface area contributed by atoms with Crippen LogP contribution in [-0.4, -0.2) is 33.1 Å². The van der Waals surface area contributed by atoms with Gasteiger partial charge >= 0.3 is 0 Å². The van der Waals surface area contributed by atoms with Crippen molar-refractivity contribution in [1.82, 2.24) is 15.1 Å². The highest BCUT2D eigenvalue weighted by atomic mass is 16.3. The van der Waals surface area contributed by atoms with E-state index in [1.807, 2.05) is 0 Å². The van der Waals surface area contributed by atoms with Crippen LogP contribution in [0.3, 0.4) is 0 Å². The monoisotopic (exact) mass is 263 g/mol. The van der Waals surface area contributed by atoms with Gasteiger partial charge in [0, 0.05) is 17.3 Å². The molecule has 0 aromatic carbocycles. The topological polar surface area (TPSA) is 50.1 Å². The van der Waals surface area contributed by atoms with E-state index in [1.165, 1.54) is 24.1 Å². The Morgan fingerprint density at radius 3 is 2.58 bits per heavy atom. The van der Waals surface area contributed by atoms with Crippen molar-refractivity contribution < 1.29 is 5.11 Å². The minimum atomic E-state index is -0.0635. The molecule has 0 amide bonds. The van der Waals surface area contributed by atoms with Gasteiger partial charge in [-0.3, -0.25) is 4.68 Å². The van der Waals surface area contributed by atoms with Gasteiger partial charge in [-0.1, -0.05) is 0 Å². The van der Waals surface area contributed by atoms with Gasteiger partial charge in [0.25, 0.3) is 0 Å². The lowest BCUT2D eigenvalue weighted by atomic mass is 9.98. The van der Waals surface area contributed by atoms with Gasteiger partial charge in [0.1, 0.15) is 0 Å². The first kappa shape index (κ1) is 13.1. The summed E-state index contributed by atoms with van der Waals surface area (Å²) >= 11 is 0. The fourth-order valence-corrected chi connectivity index (χ4v) is 3.39. The Hall–Kier alpha value is -0.870. The molecule has 1 aromatic rings. The summed E-state index contributed by atoms with van der Waals surface area (Å²) in [6.45, 7) is 6.63. The standard InChI is InChI=1S/C15H25N3O/c1-10-11(2)17-18(12(10)3)14-6-7-15(8-14,9-19)16-13-4-5-13/h13-14,16,19H,4-9H2,1-3H3. The van der Waals surface area contributed by atoms with Crippen LogP contribution in [0.5, 0.6) is 0 Å². The Balaban J connectivity index is 1.78. The molecule has 2 aliphatic rings. The van der Waals surface area contributed by atoms with Crippen LogP contribution in [0.15, 0.2) is 0 Å². The maximum atomic E-state index is 9.79. The molecule has 1 aromatic heterocycles. The van der Waals surface area contributed by atoms with Gasteiger partial charge < -0.3 is 10.4 Å². The van der Waals surface area contributed by atoms with E-state index in [2.05, 4.69) is 30.8 Å². The summed E-state index contributed by atoms with van der Waals surface area (Å²) in [6.07, 6.45) is 5.71. The molecule has 2 fully saturated rings. The largest absolute Gasteiger partial charge is 0.394 e. The number of aromatic nitrogens is 2. The molecule has 2 atom stereocenters. The van der Waals surface area contributed by atoms with Gasteiger partial charge in [-0.2, -0.15) is 5.10 Å². The lowest BCUT2D eigenvalue weighted by molar-refractivity contribution is 0.158. The van der Waals surface area contributed by atoms with Crippen molar-refractivity contribution >= 4 is 0 Å². The fourth-order valence-electron chi connectivity index (χ4n) is 3.39. The van der Waals surface area contributed by atoms with Crippen LogP contribution in [0.1, 0.15) is 55.1 Å². The van der Waals surface area contributed by atoms with E-state index in [4.69, 9.17) is 5.10 Å². The summed E-state index contributed by atoms with van der Waals surface area (Å²) < 4.78 is 2.19. The van der Waals surface area contributed by atoms with E-state index in [9.17, 15) is 5.11 Å². The second kappa shape index (κ2) is 4.60. The Kier molecular flexibility index (Phi) is 3.18. The van der Waals surface area contributed by atoms with Gasteiger partial charge in [-0.25, -0.2) is 0 Å². The van der Waals surface area contributed by atoms with E-state index >= 15 is 0 Å². The lowest BCUT2D eigenvalue weighted by Crippen LogP contribution is -2.47. The zero-order chi connectivity index (χ0) is 13.6. The van der Waals surface area contributed by atoms with E-state index in [1.54, 1.807) is 0 Å². The predicted octanol–water partition coefficient (Wildman–Crippen LogP) is 2.02. The van der Waals surface area contributed by atoms with E-state index in [0.29, 0.717) is 12.1 Å². The normalized spacial score (nSPS) is 31.1. The second-order valence-electron chi connectivity index (χ2n) is 6.49. The summed E-state index contributed by atoms with van der Waals surface area (Å²) in [5.74, 6) is 0. The number of nitrogens with zero attached hydrogens (tertiary/aromatic N) is 2. The van der Waals surface area contributed by atoms with Gasteiger partial charge in [-0.15, -0.1) is 0 Å². The minimum Gasteiger partial charge on any atom is -0.394 e. The number of aliphatic hydroxyl groups is 1. The van der Waals surface area contributed by atoms with Gasteiger partial charge in [-0.05, 0) is 58.4 Å². The lowest BCUT2D eigenvalue weighted by Gasteiger charge is -2.29. The Morgan fingerprint density at radius 2 is 2.05 bits per heavy atom. The van der Waals surface area contributed by atoms with Crippen LogP contribution < -0.4 is 5.32 Å².